The average Bonchev–Trinajstić information content (AvgIpc) is 2.45. The summed E-state index contributed by atoms with van der Waals surface area (Å²) in [4.78, 5) is 24.5. The van der Waals surface area contributed by atoms with E-state index in [1.807, 2.05) is 19.1 Å². The second kappa shape index (κ2) is 5.89. The Morgan fingerprint density at radius 3 is 2.47 bits per heavy atom. The molecule has 4 heteroatoms. The minimum atomic E-state index is -0.243. The topological polar surface area (TPSA) is 39.1 Å². The number of hydrogen-bond acceptors (Lipinski definition) is 3. The summed E-state index contributed by atoms with van der Waals surface area (Å²) in [6, 6.07) is 12.3. The molecule has 3 nitrogen and oxygen atoms in total. The highest BCUT2D eigenvalue weighted by Crippen LogP contribution is 2.16. The van der Waals surface area contributed by atoms with Crippen LogP contribution in [0, 0.1) is 0 Å². The minimum Gasteiger partial charge on any atom is -0.306 e. The molecular formula is C15H15NO2S. The summed E-state index contributed by atoms with van der Waals surface area (Å²) >= 11 is 1.58. The van der Waals surface area contributed by atoms with Crippen LogP contribution in [0.4, 0.5) is 0 Å². The predicted molar refractivity (Wildman–Crippen MR) is 78.0 cm³/mol. The van der Waals surface area contributed by atoms with E-state index >= 15 is 0 Å². The molecule has 2 aromatic rings. The van der Waals surface area contributed by atoms with Crippen LogP contribution in [0.2, 0.25) is 0 Å². The molecular weight excluding hydrogens is 258 g/mol. The summed E-state index contributed by atoms with van der Waals surface area (Å²) in [7, 11) is 1.70. The van der Waals surface area contributed by atoms with E-state index in [9.17, 15) is 9.59 Å². The zero-order chi connectivity index (χ0) is 13.8. The number of hydrogen-bond donors (Lipinski definition) is 0. The second-order valence-electron chi connectivity index (χ2n) is 4.08. The first-order valence-electron chi connectivity index (χ1n) is 6.07. The summed E-state index contributed by atoms with van der Waals surface area (Å²) in [5, 5.41) is 0.872. The molecule has 0 radical (unpaired) electrons. The fourth-order valence-corrected chi connectivity index (χ4v) is 2.57. The Morgan fingerprint density at radius 2 is 1.84 bits per heavy atom. The van der Waals surface area contributed by atoms with Crippen molar-refractivity contribution in [2.75, 3.05) is 5.75 Å². The van der Waals surface area contributed by atoms with Crippen LogP contribution in [0.25, 0.3) is 0 Å². The van der Waals surface area contributed by atoms with E-state index in [1.165, 1.54) is 4.57 Å². The fourth-order valence-electron chi connectivity index (χ4n) is 1.83. The van der Waals surface area contributed by atoms with Crippen LogP contribution < -0.4 is 5.56 Å². The number of carbonyl (C=O) groups is 1. The molecule has 0 unspecified atom stereocenters. The first kappa shape index (κ1) is 13.6. The third-order valence-corrected chi connectivity index (χ3v) is 3.83. The van der Waals surface area contributed by atoms with E-state index < -0.39 is 0 Å². The summed E-state index contributed by atoms with van der Waals surface area (Å²) in [6.07, 6.45) is 0. The maximum absolute atomic E-state index is 12.3. The highest BCUT2D eigenvalue weighted by Gasteiger charge is 2.14. The van der Waals surface area contributed by atoms with Gasteiger partial charge < -0.3 is 4.57 Å². The number of pyridine rings is 1. The monoisotopic (exact) mass is 273 g/mol. The number of carbonyl (C=O) groups excluding carboxylic acids is 1. The number of thioether (sulfide) groups is 1. The normalized spacial score (nSPS) is 10.4. The SMILES string of the molecule is CCSc1ccc(C(=O)c2ccccc2)c(=O)n1C. The molecule has 0 amide bonds. The van der Waals surface area contributed by atoms with Gasteiger partial charge in [0.15, 0.2) is 5.78 Å². The Balaban J connectivity index is 2.45. The summed E-state index contributed by atoms with van der Waals surface area (Å²) < 4.78 is 1.53. The van der Waals surface area contributed by atoms with Crippen molar-refractivity contribution in [1.29, 1.82) is 0 Å². The molecule has 0 saturated heterocycles. The van der Waals surface area contributed by atoms with E-state index in [0.29, 0.717) is 5.56 Å². The molecule has 0 saturated carbocycles. The fraction of sp³-hybridized carbons (Fsp3) is 0.200. The van der Waals surface area contributed by atoms with Crippen LogP contribution in [0.15, 0.2) is 52.3 Å². The molecule has 2 rings (SSSR count). The number of ketones is 1. The van der Waals surface area contributed by atoms with Crippen LogP contribution in [0.5, 0.6) is 0 Å². The lowest BCUT2D eigenvalue weighted by Crippen LogP contribution is -2.25. The molecule has 19 heavy (non-hydrogen) atoms. The average molecular weight is 273 g/mol. The van der Waals surface area contributed by atoms with Crippen LogP contribution in [-0.2, 0) is 7.05 Å². The van der Waals surface area contributed by atoms with Gasteiger partial charge >= 0.3 is 0 Å². The van der Waals surface area contributed by atoms with Gasteiger partial charge in [0, 0.05) is 12.6 Å². The van der Waals surface area contributed by atoms with Crippen LogP contribution in [-0.4, -0.2) is 16.1 Å². The Labute approximate surface area is 116 Å². The minimum absolute atomic E-state index is 0.217. The third-order valence-electron chi connectivity index (χ3n) is 2.83. The molecule has 0 aliphatic heterocycles. The highest BCUT2D eigenvalue weighted by molar-refractivity contribution is 7.99. The molecule has 0 aliphatic carbocycles. The lowest BCUT2D eigenvalue weighted by molar-refractivity contribution is 0.103. The summed E-state index contributed by atoms with van der Waals surface area (Å²) in [5.41, 5.74) is 0.511. The molecule has 0 fully saturated rings. The van der Waals surface area contributed by atoms with E-state index in [-0.39, 0.29) is 16.9 Å². The second-order valence-corrected chi connectivity index (χ2v) is 5.36. The van der Waals surface area contributed by atoms with E-state index in [2.05, 4.69) is 0 Å². The molecule has 1 aromatic heterocycles. The first-order chi connectivity index (χ1) is 9.15. The van der Waals surface area contributed by atoms with Crippen molar-refractivity contribution in [3.8, 4) is 0 Å². The number of rotatable bonds is 4. The van der Waals surface area contributed by atoms with Crippen molar-refractivity contribution < 1.29 is 4.79 Å². The molecule has 98 valence electrons. The Hall–Kier alpha value is -1.81. The highest BCUT2D eigenvalue weighted by atomic mass is 32.2. The summed E-state index contributed by atoms with van der Waals surface area (Å²) in [6.45, 7) is 2.03. The smallest absolute Gasteiger partial charge is 0.262 e. The van der Waals surface area contributed by atoms with Crippen molar-refractivity contribution in [2.45, 2.75) is 11.9 Å². The van der Waals surface area contributed by atoms with Crippen molar-refractivity contribution in [3.63, 3.8) is 0 Å². The molecule has 0 spiro atoms. The van der Waals surface area contributed by atoms with Gasteiger partial charge in [0.25, 0.3) is 5.56 Å². The Kier molecular flexibility index (Phi) is 4.22. The van der Waals surface area contributed by atoms with Gasteiger partial charge in [-0.05, 0) is 17.9 Å². The van der Waals surface area contributed by atoms with E-state index in [0.717, 1.165) is 10.8 Å². The van der Waals surface area contributed by atoms with Gasteiger partial charge in [0.1, 0.15) is 0 Å². The van der Waals surface area contributed by atoms with Gasteiger partial charge in [-0.2, -0.15) is 0 Å². The van der Waals surface area contributed by atoms with Gasteiger partial charge in [-0.15, -0.1) is 11.8 Å². The van der Waals surface area contributed by atoms with Crippen molar-refractivity contribution in [2.24, 2.45) is 7.05 Å². The quantitative estimate of drug-likeness (QED) is 0.635. The van der Waals surface area contributed by atoms with Gasteiger partial charge in [-0.1, -0.05) is 37.3 Å². The summed E-state index contributed by atoms with van der Waals surface area (Å²) in [5.74, 6) is 0.661. The van der Waals surface area contributed by atoms with Crippen molar-refractivity contribution in [3.05, 3.63) is 63.9 Å². The molecule has 0 N–H and O–H groups in total. The van der Waals surface area contributed by atoms with Crippen molar-refractivity contribution >= 4 is 17.5 Å². The molecule has 1 heterocycles. The zero-order valence-corrected chi connectivity index (χ0v) is 11.7. The Bertz CT molecular complexity index is 647. The van der Waals surface area contributed by atoms with Gasteiger partial charge in [-0.25, -0.2) is 0 Å². The number of nitrogens with zero attached hydrogens (tertiary/aromatic N) is 1. The van der Waals surface area contributed by atoms with E-state index in [1.54, 1.807) is 49.1 Å². The largest absolute Gasteiger partial charge is 0.306 e. The maximum Gasteiger partial charge on any atom is 0.262 e. The molecule has 0 bridgehead atoms. The standard InChI is InChI=1S/C15H15NO2S/c1-3-19-13-10-9-12(15(18)16(13)2)14(17)11-7-5-4-6-8-11/h4-10H,3H2,1-2H3. The first-order valence-corrected chi connectivity index (χ1v) is 7.06. The number of benzene rings is 1. The van der Waals surface area contributed by atoms with Crippen LogP contribution in [0.3, 0.4) is 0 Å². The zero-order valence-electron chi connectivity index (χ0n) is 10.9. The van der Waals surface area contributed by atoms with Crippen molar-refractivity contribution in [1.82, 2.24) is 4.57 Å². The predicted octanol–water partition coefficient (Wildman–Crippen LogP) is 2.73. The molecule has 1 aromatic carbocycles. The Morgan fingerprint density at radius 1 is 1.16 bits per heavy atom. The van der Waals surface area contributed by atoms with Gasteiger partial charge in [0.05, 0.1) is 10.6 Å². The number of aromatic nitrogens is 1. The lowest BCUT2D eigenvalue weighted by Gasteiger charge is -2.08. The van der Waals surface area contributed by atoms with Crippen LogP contribution in [0.1, 0.15) is 22.8 Å². The van der Waals surface area contributed by atoms with Gasteiger partial charge in [0.2, 0.25) is 0 Å². The lowest BCUT2D eigenvalue weighted by atomic mass is 10.1. The maximum atomic E-state index is 12.3. The third kappa shape index (κ3) is 2.79. The van der Waals surface area contributed by atoms with Crippen LogP contribution >= 0.6 is 11.8 Å². The van der Waals surface area contributed by atoms with Gasteiger partial charge in [-0.3, -0.25) is 9.59 Å². The molecule has 0 atom stereocenters. The van der Waals surface area contributed by atoms with E-state index in [4.69, 9.17) is 0 Å². The molecule has 0 aliphatic rings.